The first kappa shape index (κ1) is 13.0. The first-order chi connectivity index (χ1) is 8.45. The van der Waals surface area contributed by atoms with E-state index in [1.54, 1.807) is 0 Å². The third-order valence-corrected chi connectivity index (χ3v) is 2.98. The summed E-state index contributed by atoms with van der Waals surface area (Å²) in [6.45, 7) is -0.474. The molecule has 18 heavy (non-hydrogen) atoms. The summed E-state index contributed by atoms with van der Waals surface area (Å²) >= 11 is 0. The molecule has 0 unspecified atom stereocenters. The Labute approximate surface area is 101 Å². The molecule has 2 heterocycles. The van der Waals surface area contributed by atoms with Crippen LogP contribution in [0.5, 0.6) is 0 Å². The summed E-state index contributed by atoms with van der Waals surface area (Å²) in [4.78, 5) is 24.9. The maximum absolute atomic E-state index is 11.6. The molecule has 0 bridgehead atoms. The number of aryl methyl sites for hydroxylation is 1. The molecule has 4 atom stereocenters. The highest BCUT2D eigenvalue weighted by Gasteiger charge is 2.44. The van der Waals surface area contributed by atoms with Gasteiger partial charge in [-0.05, 0) is 0 Å². The number of hydrogen-bond donors (Lipinski definition) is 4. The summed E-state index contributed by atoms with van der Waals surface area (Å²) in [7, 11) is 1.43. The minimum atomic E-state index is -1.33. The zero-order chi connectivity index (χ0) is 13.4. The number of rotatable bonds is 2. The van der Waals surface area contributed by atoms with E-state index >= 15 is 0 Å². The van der Waals surface area contributed by atoms with Crippen molar-refractivity contribution in [3.8, 4) is 0 Å². The number of aliphatic hydroxyl groups is 3. The third kappa shape index (κ3) is 1.99. The number of aliphatic hydroxyl groups excluding tert-OH is 3. The largest absolute Gasteiger partial charge is 0.394 e. The molecule has 1 aromatic rings. The van der Waals surface area contributed by atoms with Gasteiger partial charge < -0.3 is 24.6 Å². The van der Waals surface area contributed by atoms with Crippen molar-refractivity contribution in [1.82, 2.24) is 9.55 Å². The summed E-state index contributed by atoms with van der Waals surface area (Å²) in [6.07, 6.45) is -3.41. The Balaban J connectivity index is 2.42. The molecule has 0 aliphatic carbocycles. The van der Waals surface area contributed by atoms with Gasteiger partial charge in [-0.3, -0.25) is 9.78 Å². The number of nitrogens with zero attached hydrogens (tertiary/aromatic N) is 1. The number of aromatic nitrogens is 2. The van der Waals surface area contributed by atoms with E-state index in [4.69, 9.17) is 9.84 Å². The maximum Gasteiger partial charge on any atom is 0.328 e. The molecule has 4 N–H and O–H groups in total. The predicted octanol–water partition coefficient (Wildman–Crippen LogP) is -2.77. The zero-order valence-corrected chi connectivity index (χ0v) is 9.61. The van der Waals surface area contributed by atoms with Crippen LogP contribution in [-0.2, 0) is 11.8 Å². The van der Waals surface area contributed by atoms with Gasteiger partial charge >= 0.3 is 5.69 Å². The Hall–Kier alpha value is -1.48. The fourth-order valence-corrected chi connectivity index (χ4v) is 1.94. The minimum absolute atomic E-state index is 0.0274. The summed E-state index contributed by atoms with van der Waals surface area (Å²) in [5, 5.41) is 28.3. The molecule has 1 aliphatic heterocycles. The standard InChI is InChI=1S/C10H14N2O6/c1-12-2-4(9(16)11-10(12)17)8-7(15)6(14)5(3-13)18-8/h2,5-8,13-15H,3H2,1H3,(H,11,16,17)/t5-,6-,7-,8-/m1/s1. The predicted molar refractivity (Wildman–Crippen MR) is 59.0 cm³/mol. The van der Waals surface area contributed by atoms with Crippen LogP contribution < -0.4 is 11.2 Å². The lowest BCUT2D eigenvalue weighted by molar-refractivity contribution is -0.0233. The second kappa shape index (κ2) is 4.65. The van der Waals surface area contributed by atoms with Crippen LogP contribution in [0.25, 0.3) is 0 Å². The van der Waals surface area contributed by atoms with E-state index in [1.807, 2.05) is 0 Å². The first-order valence-electron chi connectivity index (χ1n) is 5.38. The highest BCUT2D eigenvalue weighted by molar-refractivity contribution is 5.14. The highest BCUT2D eigenvalue weighted by Crippen LogP contribution is 2.31. The van der Waals surface area contributed by atoms with Gasteiger partial charge in [0.1, 0.15) is 24.4 Å². The van der Waals surface area contributed by atoms with Crippen LogP contribution >= 0.6 is 0 Å². The highest BCUT2D eigenvalue weighted by atomic mass is 16.6. The van der Waals surface area contributed by atoms with E-state index in [0.29, 0.717) is 0 Å². The fourth-order valence-electron chi connectivity index (χ4n) is 1.94. The molecule has 100 valence electrons. The lowest BCUT2D eigenvalue weighted by Crippen LogP contribution is -2.35. The van der Waals surface area contributed by atoms with Gasteiger partial charge in [0.15, 0.2) is 0 Å². The zero-order valence-electron chi connectivity index (χ0n) is 9.61. The third-order valence-electron chi connectivity index (χ3n) is 2.98. The van der Waals surface area contributed by atoms with Crippen molar-refractivity contribution in [3.63, 3.8) is 0 Å². The second-order valence-corrected chi connectivity index (χ2v) is 4.21. The van der Waals surface area contributed by atoms with E-state index in [1.165, 1.54) is 13.2 Å². The van der Waals surface area contributed by atoms with Gasteiger partial charge in [-0.1, -0.05) is 0 Å². The number of H-pyrrole nitrogens is 1. The van der Waals surface area contributed by atoms with Gasteiger partial charge in [0.25, 0.3) is 5.56 Å². The van der Waals surface area contributed by atoms with E-state index in [0.717, 1.165) is 4.57 Å². The summed E-state index contributed by atoms with van der Waals surface area (Å²) in [5.74, 6) is 0. The van der Waals surface area contributed by atoms with Crippen molar-refractivity contribution in [1.29, 1.82) is 0 Å². The van der Waals surface area contributed by atoms with E-state index in [2.05, 4.69) is 4.98 Å². The first-order valence-corrected chi connectivity index (χ1v) is 5.38. The van der Waals surface area contributed by atoms with Crippen molar-refractivity contribution < 1.29 is 20.1 Å². The van der Waals surface area contributed by atoms with Gasteiger partial charge in [-0.25, -0.2) is 4.79 Å². The molecule has 0 amide bonds. The lowest BCUT2D eigenvalue weighted by Gasteiger charge is -2.14. The summed E-state index contributed by atoms with van der Waals surface area (Å²) in [5.41, 5.74) is -1.25. The SMILES string of the molecule is Cn1cc([C@H]2O[C@H](CO)[C@@H](O)[C@H]2O)c(=O)[nH]c1=O. The minimum Gasteiger partial charge on any atom is -0.394 e. The molecule has 8 nitrogen and oxygen atoms in total. The van der Waals surface area contributed by atoms with Crippen LogP contribution in [0.15, 0.2) is 15.8 Å². The molecule has 1 aromatic heterocycles. The van der Waals surface area contributed by atoms with Crippen LogP contribution in [0, 0.1) is 0 Å². The van der Waals surface area contributed by atoms with Crippen molar-refractivity contribution >= 4 is 0 Å². The van der Waals surface area contributed by atoms with E-state index in [9.17, 15) is 19.8 Å². The Morgan fingerprint density at radius 2 is 2.06 bits per heavy atom. The van der Waals surface area contributed by atoms with Crippen LogP contribution in [0.3, 0.4) is 0 Å². The molecule has 0 saturated carbocycles. The molecule has 2 rings (SSSR count). The molecule has 1 saturated heterocycles. The fraction of sp³-hybridized carbons (Fsp3) is 0.600. The molecular weight excluding hydrogens is 244 g/mol. The van der Waals surface area contributed by atoms with E-state index < -0.39 is 42.3 Å². The van der Waals surface area contributed by atoms with Gasteiger partial charge in [0, 0.05) is 13.2 Å². The monoisotopic (exact) mass is 258 g/mol. The quantitative estimate of drug-likeness (QED) is 0.455. The Bertz CT molecular complexity index is 550. The van der Waals surface area contributed by atoms with Gasteiger partial charge in [-0.2, -0.15) is 0 Å². The summed E-state index contributed by atoms with van der Waals surface area (Å²) in [6, 6.07) is 0. The Morgan fingerprint density at radius 3 is 2.61 bits per heavy atom. The Kier molecular flexibility index (Phi) is 3.35. The van der Waals surface area contributed by atoms with Crippen LogP contribution in [0.2, 0.25) is 0 Å². The van der Waals surface area contributed by atoms with Crippen LogP contribution in [0.1, 0.15) is 11.7 Å². The molecule has 8 heteroatoms. The average Bonchev–Trinajstić information content (AvgIpc) is 2.61. The van der Waals surface area contributed by atoms with Crippen LogP contribution in [-0.4, -0.2) is 49.8 Å². The lowest BCUT2D eigenvalue weighted by atomic mass is 10.0. The topological polar surface area (TPSA) is 125 Å². The maximum atomic E-state index is 11.6. The van der Waals surface area contributed by atoms with Crippen molar-refractivity contribution in [2.75, 3.05) is 6.61 Å². The smallest absolute Gasteiger partial charge is 0.328 e. The molecule has 0 aromatic carbocycles. The molecule has 1 fully saturated rings. The number of ether oxygens (including phenoxy) is 1. The Morgan fingerprint density at radius 1 is 1.39 bits per heavy atom. The van der Waals surface area contributed by atoms with Gasteiger partial charge in [0.05, 0.1) is 12.2 Å². The normalized spacial score (nSPS) is 31.8. The number of nitrogens with one attached hydrogen (secondary N) is 1. The molecule has 0 radical (unpaired) electrons. The number of aromatic amines is 1. The number of hydrogen-bond acceptors (Lipinski definition) is 6. The van der Waals surface area contributed by atoms with Crippen molar-refractivity contribution in [2.45, 2.75) is 24.4 Å². The van der Waals surface area contributed by atoms with E-state index in [-0.39, 0.29) is 5.56 Å². The average molecular weight is 258 g/mol. The van der Waals surface area contributed by atoms with Crippen molar-refractivity contribution in [2.24, 2.45) is 7.05 Å². The van der Waals surface area contributed by atoms with Gasteiger partial charge in [-0.15, -0.1) is 0 Å². The van der Waals surface area contributed by atoms with Crippen LogP contribution in [0.4, 0.5) is 0 Å². The van der Waals surface area contributed by atoms with Crippen molar-refractivity contribution in [3.05, 3.63) is 32.6 Å². The summed E-state index contributed by atoms with van der Waals surface area (Å²) < 4.78 is 6.34. The molecular formula is C10H14N2O6. The second-order valence-electron chi connectivity index (χ2n) is 4.21. The molecule has 1 aliphatic rings. The molecule has 0 spiro atoms. The van der Waals surface area contributed by atoms with Gasteiger partial charge in [0.2, 0.25) is 0 Å².